The topological polar surface area (TPSA) is 58.2 Å². The number of hydrogen-bond acceptors (Lipinski definition) is 2. The maximum absolute atomic E-state index is 11.5. The molecule has 0 rings (SSSR count). The third-order valence-electron chi connectivity index (χ3n) is 4.52. The molecule has 0 saturated heterocycles. The molecule has 0 spiro atoms. The summed E-state index contributed by atoms with van der Waals surface area (Å²) in [6.45, 7) is 5.26. The van der Waals surface area contributed by atoms with Gasteiger partial charge in [-0.3, -0.25) is 0 Å². The summed E-state index contributed by atoms with van der Waals surface area (Å²) in [5.41, 5.74) is 0. The predicted molar refractivity (Wildman–Crippen MR) is 115 cm³/mol. The lowest BCUT2D eigenvalue weighted by Crippen LogP contribution is -2.37. The highest BCUT2D eigenvalue weighted by Gasteiger charge is 2.06. The van der Waals surface area contributed by atoms with E-state index in [0.29, 0.717) is 13.1 Å². The van der Waals surface area contributed by atoms with Crippen molar-refractivity contribution in [3.05, 3.63) is 12.2 Å². The first-order valence-electron chi connectivity index (χ1n) is 11.0. The molecule has 0 aromatic carbocycles. The molecule has 0 unspecified atom stereocenters. The maximum atomic E-state index is 11.5. The molecule has 156 valence electrons. The van der Waals surface area contributed by atoms with Crippen LogP contribution in [0.25, 0.3) is 0 Å². The van der Waals surface area contributed by atoms with Gasteiger partial charge in [0.25, 0.3) is 10.2 Å². The zero-order valence-corrected chi connectivity index (χ0v) is 18.2. The fourth-order valence-electron chi connectivity index (χ4n) is 2.87. The Morgan fingerprint density at radius 3 is 1.58 bits per heavy atom. The summed E-state index contributed by atoms with van der Waals surface area (Å²) in [5.74, 6) is 0. The van der Waals surface area contributed by atoms with Gasteiger partial charge < -0.3 is 0 Å². The molecule has 0 radical (unpaired) electrons. The van der Waals surface area contributed by atoms with Crippen molar-refractivity contribution in [1.82, 2.24) is 9.44 Å². The van der Waals surface area contributed by atoms with Gasteiger partial charge in [0.1, 0.15) is 0 Å². The standard InChI is InChI=1S/C21H44N2O2S/c1-3-5-6-7-8-9-10-11-12-13-14-15-16-17-18-19-21-23-26(24,25)22-20-4-2/h11-12,22-23H,3-10,13-21H2,1-2H3/b12-11-. The van der Waals surface area contributed by atoms with E-state index in [1.165, 1.54) is 77.0 Å². The highest BCUT2D eigenvalue weighted by atomic mass is 32.2. The molecule has 0 atom stereocenters. The van der Waals surface area contributed by atoms with Crippen LogP contribution in [0.2, 0.25) is 0 Å². The monoisotopic (exact) mass is 388 g/mol. The fourth-order valence-corrected chi connectivity index (χ4v) is 3.85. The van der Waals surface area contributed by atoms with Crippen LogP contribution in [0.1, 0.15) is 110 Å². The summed E-state index contributed by atoms with van der Waals surface area (Å²) in [5, 5.41) is 0. The highest BCUT2D eigenvalue weighted by molar-refractivity contribution is 7.87. The Bertz CT molecular complexity index is 408. The van der Waals surface area contributed by atoms with E-state index in [1.54, 1.807) is 0 Å². The summed E-state index contributed by atoms with van der Waals surface area (Å²) in [6, 6.07) is 0. The SMILES string of the molecule is CCCCCCCC/C=C\CCCCCCCCNS(=O)(=O)NCCC. The molecule has 0 aliphatic carbocycles. The molecule has 4 nitrogen and oxygen atoms in total. The quantitative estimate of drug-likeness (QED) is 0.203. The van der Waals surface area contributed by atoms with E-state index in [2.05, 4.69) is 28.5 Å². The average Bonchev–Trinajstić information content (AvgIpc) is 2.62. The molecule has 26 heavy (non-hydrogen) atoms. The molecule has 0 amide bonds. The van der Waals surface area contributed by atoms with Crippen molar-refractivity contribution in [3.63, 3.8) is 0 Å². The maximum Gasteiger partial charge on any atom is 0.276 e. The van der Waals surface area contributed by atoms with Crippen molar-refractivity contribution in [3.8, 4) is 0 Å². The Labute approximate surface area is 163 Å². The molecule has 0 saturated carbocycles. The van der Waals surface area contributed by atoms with Crippen LogP contribution in [-0.2, 0) is 10.2 Å². The Hall–Kier alpha value is -0.390. The van der Waals surface area contributed by atoms with E-state index >= 15 is 0 Å². The van der Waals surface area contributed by atoms with Crippen LogP contribution < -0.4 is 9.44 Å². The van der Waals surface area contributed by atoms with Crippen molar-refractivity contribution in [2.24, 2.45) is 0 Å². The number of hydrogen-bond donors (Lipinski definition) is 2. The van der Waals surface area contributed by atoms with E-state index in [9.17, 15) is 8.42 Å². The van der Waals surface area contributed by atoms with Gasteiger partial charge in [0.05, 0.1) is 0 Å². The first-order valence-corrected chi connectivity index (χ1v) is 12.5. The van der Waals surface area contributed by atoms with E-state index < -0.39 is 10.2 Å². The molecule has 2 N–H and O–H groups in total. The Morgan fingerprint density at radius 1 is 0.577 bits per heavy atom. The minimum Gasteiger partial charge on any atom is -0.202 e. The predicted octanol–water partition coefficient (Wildman–Crippen LogP) is 5.86. The van der Waals surface area contributed by atoms with Gasteiger partial charge in [0.2, 0.25) is 0 Å². The summed E-state index contributed by atoms with van der Waals surface area (Å²) >= 11 is 0. The molecule has 0 fully saturated rings. The van der Waals surface area contributed by atoms with Gasteiger partial charge in [-0.05, 0) is 38.5 Å². The van der Waals surface area contributed by atoms with Crippen molar-refractivity contribution < 1.29 is 8.42 Å². The molecule has 0 aliphatic rings. The zero-order chi connectivity index (χ0) is 19.3. The van der Waals surface area contributed by atoms with E-state index in [0.717, 1.165) is 19.3 Å². The second-order valence-corrected chi connectivity index (χ2v) is 8.81. The molecule has 5 heteroatoms. The molecule has 0 bridgehead atoms. The van der Waals surface area contributed by atoms with Gasteiger partial charge in [-0.15, -0.1) is 0 Å². The summed E-state index contributed by atoms with van der Waals surface area (Å²) in [6.07, 6.45) is 23.3. The van der Waals surface area contributed by atoms with Gasteiger partial charge in [0, 0.05) is 13.1 Å². The molecule has 0 heterocycles. The lowest BCUT2D eigenvalue weighted by atomic mass is 10.1. The van der Waals surface area contributed by atoms with Gasteiger partial charge in [-0.25, -0.2) is 9.44 Å². The average molecular weight is 389 g/mol. The minimum atomic E-state index is -3.27. The molecule has 0 aromatic rings. The lowest BCUT2D eigenvalue weighted by molar-refractivity contribution is 0.554. The molecule has 0 aliphatic heterocycles. The second-order valence-electron chi connectivity index (χ2n) is 7.23. The third-order valence-corrected chi connectivity index (χ3v) is 5.69. The largest absolute Gasteiger partial charge is 0.276 e. The number of allylic oxidation sites excluding steroid dienone is 2. The van der Waals surface area contributed by atoms with Crippen molar-refractivity contribution in [1.29, 1.82) is 0 Å². The number of nitrogens with one attached hydrogen (secondary N) is 2. The first kappa shape index (κ1) is 25.6. The minimum absolute atomic E-state index is 0.503. The van der Waals surface area contributed by atoms with Crippen molar-refractivity contribution >= 4 is 10.2 Å². The Balaban J connectivity index is 3.25. The number of unbranched alkanes of at least 4 members (excludes halogenated alkanes) is 12. The molecule has 0 aromatic heterocycles. The van der Waals surface area contributed by atoms with Crippen LogP contribution in [0.4, 0.5) is 0 Å². The zero-order valence-electron chi connectivity index (χ0n) is 17.4. The van der Waals surface area contributed by atoms with Crippen LogP contribution in [0.5, 0.6) is 0 Å². The molecular formula is C21H44N2O2S. The Morgan fingerprint density at radius 2 is 1.04 bits per heavy atom. The van der Waals surface area contributed by atoms with Crippen LogP contribution in [0.3, 0.4) is 0 Å². The third kappa shape index (κ3) is 19.9. The summed E-state index contributed by atoms with van der Waals surface area (Å²) in [4.78, 5) is 0. The van der Waals surface area contributed by atoms with E-state index in [1.807, 2.05) is 6.92 Å². The van der Waals surface area contributed by atoms with Crippen LogP contribution >= 0.6 is 0 Å². The van der Waals surface area contributed by atoms with Gasteiger partial charge >= 0.3 is 0 Å². The Kier molecular flexibility index (Phi) is 19.1. The van der Waals surface area contributed by atoms with E-state index in [-0.39, 0.29) is 0 Å². The van der Waals surface area contributed by atoms with Crippen molar-refractivity contribution in [2.75, 3.05) is 13.1 Å². The fraction of sp³-hybridized carbons (Fsp3) is 0.905. The van der Waals surface area contributed by atoms with E-state index in [4.69, 9.17) is 0 Å². The second kappa shape index (κ2) is 19.4. The normalized spacial score (nSPS) is 12.2. The van der Waals surface area contributed by atoms with Gasteiger partial charge in [-0.2, -0.15) is 8.42 Å². The summed E-state index contributed by atoms with van der Waals surface area (Å²) in [7, 11) is -3.27. The highest BCUT2D eigenvalue weighted by Crippen LogP contribution is 2.09. The van der Waals surface area contributed by atoms with Crippen LogP contribution in [0.15, 0.2) is 12.2 Å². The number of rotatable bonds is 20. The lowest BCUT2D eigenvalue weighted by Gasteiger charge is -2.07. The molecular weight excluding hydrogens is 344 g/mol. The van der Waals surface area contributed by atoms with Gasteiger partial charge in [-0.1, -0.05) is 83.8 Å². The van der Waals surface area contributed by atoms with Gasteiger partial charge in [0.15, 0.2) is 0 Å². The first-order chi connectivity index (χ1) is 12.6. The smallest absolute Gasteiger partial charge is 0.202 e. The van der Waals surface area contributed by atoms with Crippen LogP contribution in [-0.4, -0.2) is 21.5 Å². The van der Waals surface area contributed by atoms with Crippen LogP contribution in [0, 0.1) is 0 Å². The van der Waals surface area contributed by atoms with Crippen molar-refractivity contribution in [2.45, 2.75) is 110 Å². The summed E-state index contributed by atoms with van der Waals surface area (Å²) < 4.78 is 28.2.